The van der Waals surface area contributed by atoms with E-state index in [4.69, 9.17) is 0 Å². The molecule has 80 valence electrons. The molecule has 2 saturated heterocycles. The minimum atomic E-state index is -0.794. The molecule has 1 saturated carbocycles. The van der Waals surface area contributed by atoms with Crippen molar-refractivity contribution in [2.75, 3.05) is 32.7 Å². The van der Waals surface area contributed by atoms with Crippen molar-refractivity contribution in [2.45, 2.75) is 31.4 Å². The molecule has 0 amide bonds. The Morgan fingerprint density at radius 3 is 2.71 bits per heavy atom. The SMILES string of the molecule is FC1(CN2CCC3(CCNC3)C2)CC1. The van der Waals surface area contributed by atoms with E-state index in [1.165, 1.54) is 12.8 Å². The Kier molecular flexibility index (Phi) is 1.90. The summed E-state index contributed by atoms with van der Waals surface area (Å²) in [5, 5.41) is 3.43. The van der Waals surface area contributed by atoms with E-state index < -0.39 is 5.67 Å². The second-order valence-corrected chi connectivity index (χ2v) is 5.54. The number of rotatable bonds is 2. The van der Waals surface area contributed by atoms with Crippen LogP contribution in [0.4, 0.5) is 4.39 Å². The number of likely N-dealkylation sites (tertiary alicyclic amines) is 1. The number of nitrogens with zero attached hydrogens (tertiary/aromatic N) is 1. The zero-order valence-electron chi connectivity index (χ0n) is 8.69. The Balaban J connectivity index is 1.58. The van der Waals surface area contributed by atoms with Gasteiger partial charge >= 0.3 is 0 Å². The van der Waals surface area contributed by atoms with Gasteiger partial charge in [0.2, 0.25) is 0 Å². The molecule has 1 N–H and O–H groups in total. The number of alkyl halides is 1. The number of hydrogen-bond acceptors (Lipinski definition) is 2. The van der Waals surface area contributed by atoms with Gasteiger partial charge in [-0.25, -0.2) is 4.39 Å². The number of hydrogen-bond donors (Lipinski definition) is 1. The van der Waals surface area contributed by atoms with Gasteiger partial charge in [-0.15, -0.1) is 0 Å². The highest BCUT2D eigenvalue weighted by Gasteiger charge is 2.48. The lowest BCUT2D eigenvalue weighted by atomic mass is 9.87. The molecule has 2 aliphatic heterocycles. The molecule has 0 aromatic carbocycles. The van der Waals surface area contributed by atoms with Crippen molar-refractivity contribution in [1.82, 2.24) is 10.2 Å². The van der Waals surface area contributed by atoms with E-state index in [-0.39, 0.29) is 0 Å². The monoisotopic (exact) mass is 198 g/mol. The molecule has 0 aromatic rings. The predicted molar refractivity (Wildman–Crippen MR) is 54.0 cm³/mol. The van der Waals surface area contributed by atoms with Gasteiger partial charge in [0.05, 0.1) is 0 Å². The summed E-state index contributed by atoms with van der Waals surface area (Å²) in [4.78, 5) is 2.35. The summed E-state index contributed by atoms with van der Waals surface area (Å²) in [5.74, 6) is 0. The van der Waals surface area contributed by atoms with Crippen LogP contribution in [-0.4, -0.2) is 43.3 Å². The lowest BCUT2D eigenvalue weighted by molar-refractivity contribution is 0.186. The molecule has 0 radical (unpaired) electrons. The van der Waals surface area contributed by atoms with Crippen LogP contribution in [0.1, 0.15) is 25.7 Å². The standard InChI is InChI=1S/C11H19FN2/c12-11(1-2-11)9-14-6-4-10(8-14)3-5-13-7-10/h13H,1-9H2. The van der Waals surface area contributed by atoms with Crippen LogP contribution < -0.4 is 5.32 Å². The Hall–Kier alpha value is -0.150. The summed E-state index contributed by atoms with van der Waals surface area (Å²) in [6.07, 6.45) is 4.17. The molecule has 3 heteroatoms. The van der Waals surface area contributed by atoms with Crippen LogP contribution in [0.15, 0.2) is 0 Å². The van der Waals surface area contributed by atoms with Gasteiger partial charge in [-0.05, 0) is 44.2 Å². The Labute approximate surface area is 84.8 Å². The summed E-state index contributed by atoms with van der Waals surface area (Å²) in [6.45, 7) is 5.27. The minimum absolute atomic E-state index is 0.505. The maximum absolute atomic E-state index is 13.6. The molecular weight excluding hydrogens is 179 g/mol. The molecule has 1 aliphatic carbocycles. The Morgan fingerprint density at radius 1 is 1.21 bits per heavy atom. The molecule has 0 bridgehead atoms. The molecule has 0 aromatic heterocycles. The van der Waals surface area contributed by atoms with Gasteiger partial charge in [-0.3, -0.25) is 4.90 Å². The highest BCUT2D eigenvalue weighted by atomic mass is 19.1. The zero-order valence-corrected chi connectivity index (χ0v) is 8.69. The van der Waals surface area contributed by atoms with Crippen LogP contribution in [0.3, 0.4) is 0 Å². The molecule has 2 heterocycles. The maximum Gasteiger partial charge on any atom is 0.123 e. The minimum Gasteiger partial charge on any atom is -0.316 e. The van der Waals surface area contributed by atoms with Gasteiger partial charge < -0.3 is 5.32 Å². The maximum atomic E-state index is 13.6. The summed E-state index contributed by atoms with van der Waals surface area (Å²) >= 11 is 0. The molecule has 3 rings (SSSR count). The second-order valence-electron chi connectivity index (χ2n) is 5.54. The van der Waals surface area contributed by atoms with E-state index in [1.807, 2.05) is 0 Å². The summed E-state index contributed by atoms with van der Waals surface area (Å²) in [5.41, 5.74) is -0.289. The average Bonchev–Trinajstić information content (AvgIpc) is 2.65. The fourth-order valence-corrected chi connectivity index (χ4v) is 3.00. The van der Waals surface area contributed by atoms with Crippen molar-refractivity contribution < 1.29 is 4.39 Å². The van der Waals surface area contributed by atoms with Gasteiger partial charge in [-0.1, -0.05) is 0 Å². The van der Waals surface area contributed by atoms with E-state index in [0.29, 0.717) is 12.0 Å². The first-order valence-electron chi connectivity index (χ1n) is 5.82. The second kappa shape index (κ2) is 2.92. The van der Waals surface area contributed by atoms with Crippen LogP contribution in [0.25, 0.3) is 0 Å². The van der Waals surface area contributed by atoms with Crippen LogP contribution in [-0.2, 0) is 0 Å². The van der Waals surface area contributed by atoms with E-state index in [9.17, 15) is 4.39 Å². The third kappa shape index (κ3) is 1.57. The van der Waals surface area contributed by atoms with Crippen molar-refractivity contribution in [2.24, 2.45) is 5.41 Å². The Bertz CT molecular complexity index is 231. The molecule has 14 heavy (non-hydrogen) atoms. The largest absolute Gasteiger partial charge is 0.316 e. The third-order valence-electron chi connectivity index (χ3n) is 4.15. The quantitative estimate of drug-likeness (QED) is 0.716. The van der Waals surface area contributed by atoms with E-state index in [2.05, 4.69) is 10.2 Å². The van der Waals surface area contributed by atoms with Crippen LogP contribution >= 0.6 is 0 Å². The van der Waals surface area contributed by atoms with E-state index in [0.717, 1.165) is 39.0 Å². The molecular formula is C11H19FN2. The number of halogens is 1. The van der Waals surface area contributed by atoms with Gasteiger partial charge in [-0.2, -0.15) is 0 Å². The highest BCUT2D eigenvalue weighted by molar-refractivity contribution is 5.01. The lowest BCUT2D eigenvalue weighted by Crippen LogP contribution is -2.33. The Morgan fingerprint density at radius 2 is 2.07 bits per heavy atom. The van der Waals surface area contributed by atoms with Crippen molar-refractivity contribution in [1.29, 1.82) is 0 Å². The van der Waals surface area contributed by atoms with Crippen molar-refractivity contribution in [3.63, 3.8) is 0 Å². The molecule has 3 fully saturated rings. The van der Waals surface area contributed by atoms with Crippen LogP contribution in [0.5, 0.6) is 0 Å². The van der Waals surface area contributed by atoms with E-state index in [1.54, 1.807) is 0 Å². The lowest BCUT2D eigenvalue weighted by Gasteiger charge is -2.23. The van der Waals surface area contributed by atoms with Gasteiger partial charge in [0, 0.05) is 19.6 Å². The first kappa shape index (κ1) is 9.10. The average molecular weight is 198 g/mol. The predicted octanol–water partition coefficient (Wildman–Crippen LogP) is 1.17. The summed E-state index contributed by atoms with van der Waals surface area (Å²) in [6, 6.07) is 0. The van der Waals surface area contributed by atoms with Crippen LogP contribution in [0, 0.1) is 5.41 Å². The van der Waals surface area contributed by atoms with Crippen LogP contribution in [0.2, 0.25) is 0 Å². The zero-order chi connectivity index (χ0) is 9.65. The fraction of sp³-hybridized carbons (Fsp3) is 1.00. The fourth-order valence-electron chi connectivity index (χ4n) is 3.00. The molecule has 3 aliphatic rings. The van der Waals surface area contributed by atoms with Gasteiger partial charge in [0.25, 0.3) is 0 Å². The molecule has 1 atom stereocenters. The first-order valence-corrected chi connectivity index (χ1v) is 5.82. The summed E-state index contributed by atoms with van der Waals surface area (Å²) < 4.78 is 13.6. The van der Waals surface area contributed by atoms with Crippen molar-refractivity contribution in [3.05, 3.63) is 0 Å². The number of nitrogens with one attached hydrogen (secondary N) is 1. The van der Waals surface area contributed by atoms with Gasteiger partial charge in [0.15, 0.2) is 0 Å². The van der Waals surface area contributed by atoms with Crippen molar-refractivity contribution >= 4 is 0 Å². The molecule has 1 spiro atoms. The first-order chi connectivity index (χ1) is 6.70. The third-order valence-corrected chi connectivity index (χ3v) is 4.15. The molecule has 1 unspecified atom stereocenters. The smallest absolute Gasteiger partial charge is 0.123 e. The topological polar surface area (TPSA) is 15.3 Å². The van der Waals surface area contributed by atoms with Crippen molar-refractivity contribution in [3.8, 4) is 0 Å². The normalized spacial score (nSPS) is 40.9. The summed E-state index contributed by atoms with van der Waals surface area (Å²) in [7, 11) is 0. The molecule has 2 nitrogen and oxygen atoms in total. The van der Waals surface area contributed by atoms with E-state index >= 15 is 0 Å². The highest BCUT2D eigenvalue weighted by Crippen LogP contribution is 2.43. The van der Waals surface area contributed by atoms with Gasteiger partial charge in [0.1, 0.15) is 5.67 Å².